The van der Waals surface area contributed by atoms with Gasteiger partial charge in [0, 0.05) is 33.8 Å². The maximum absolute atomic E-state index is 13.8. The summed E-state index contributed by atoms with van der Waals surface area (Å²) in [5.74, 6) is 0.264. The van der Waals surface area contributed by atoms with Crippen LogP contribution in [-0.4, -0.2) is 16.9 Å². The van der Waals surface area contributed by atoms with E-state index in [0.717, 1.165) is 47.2 Å². The summed E-state index contributed by atoms with van der Waals surface area (Å²) in [4.78, 5) is 18.1. The smallest absolute Gasteiger partial charge is 0.230 e. The van der Waals surface area contributed by atoms with Gasteiger partial charge in [-0.1, -0.05) is 66.9 Å². The van der Waals surface area contributed by atoms with Crippen LogP contribution in [0.3, 0.4) is 0 Å². The third-order valence-electron chi connectivity index (χ3n) is 6.71. The van der Waals surface area contributed by atoms with E-state index >= 15 is 0 Å². The van der Waals surface area contributed by atoms with Gasteiger partial charge in [0.1, 0.15) is 0 Å². The molecule has 0 radical (unpaired) electrons. The number of hydrogen-bond acceptors (Lipinski definition) is 2. The molecule has 3 nitrogen and oxygen atoms in total. The maximum Gasteiger partial charge on any atom is 0.230 e. The highest BCUT2D eigenvalue weighted by Gasteiger charge is 2.43. The van der Waals surface area contributed by atoms with E-state index in [0.29, 0.717) is 0 Å². The molecule has 1 fully saturated rings. The van der Waals surface area contributed by atoms with Gasteiger partial charge in [0.2, 0.25) is 5.91 Å². The number of carbonyl (C=O) groups is 1. The lowest BCUT2D eigenvalue weighted by Gasteiger charge is -2.33. The van der Waals surface area contributed by atoms with Crippen molar-refractivity contribution in [1.29, 1.82) is 0 Å². The predicted molar refractivity (Wildman–Crippen MR) is 134 cm³/mol. The Morgan fingerprint density at radius 1 is 1.09 bits per heavy atom. The van der Waals surface area contributed by atoms with Gasteiger partial charge in [0.25, 0.3) is 0 Å². The highest BCUT2D eigenvalue weighted by Crippen LogP contribution is 2.42. The van der Waals surface area contributed by atoms with Crippen LogP contribution in [0, 0.1) is 0 Å². The first-order valence-electron chi connectivity index (χ1n) is 11.2. The van der Waals surface area contributed by atoms with Crippen molar-refractivity contribution in [2.24, 2.45) is 0 Å². The SMILES string of the molecule is CC(NC(=O)C1(c2cncc(Br)c2)CCCC1)C(Cc1ccc(Cl)cc1)c1ccccc1. The fourth-order valence-corrected chi connectivity index (χ4v) is 5.39. The van der Waals surface area contributed by atoms with Crippen LogP contribution < -0.4 is 5.32 Å². The van der Waals surface area contributed by atoms with Crippen LogP contribution in [0.1, 0.15) is 55.2 Å². The monoisotopic (exact) mass is 510 g/mol. The average molecular weight is 512 g/mol. The Labute approximate surface area is 203 Å². The zero-order valence-corrected chi connectivity index (χ0v) is 20.6. The number of rotatable bonds is 7. The van der Waals surface area contributed by atoms with Gasteiger partial charge in [0.15, 0.2) is 0 Å². The van der Waals surface area contributed by atoms with E-state index in [1.54, 1.807) is 6.20 Å². The number of nitrogens with zero attached hydrogens (tertiary/aromatic N) is 1. The molecule has 2 atom stereocenters. The summed E-state index contributed by atoms with van der Waals surface area (Å²) in [6, 6.07) is 20.4. The van der Waals surface area contributed by atoms with Gasteiger partial charge in [-0.05, 0) is 77.0 Å². The molecule has 1 aromatic heterocycles. The van der Waals surface area contributed by atoms with Crippen LogP contribution >= 0.6 is 27.5 Å². The Morgan fingerprint density at radius 2 is 1.78 bits per heavy atom. The molecule has 1 N–H and O–H groups in total. The summed E-state index contributed by atoms with van der Waals surface area (Å²) in [7, 11) is 0. The maximum atomic E-state index is 13.8. The van der Waals surface area contributed by atoms with Gasteiger partial charge in [-0.3, -0.25) is 9.78 Å². The standard InChI is InChI=1S/C27H28BrClN2O/c1-19(25(21-7-3-2-4-8-21)15-20-9-11-24(29)12-10-20)31-26(32)27(13-5-6-14-27)22-16-23(28)18-30-17-22/h2-4,7-12,16-19,25H,5-6,13-15H2,1H3,(H,31,32). The van der Waals surface area contributed by atoms with Gasteiger partial charge in [-0.25, -0.2) is 0 Å². The van der Waals surface area contributed by atoms with Crippen LogP contribution in [0.2, 0.25) is 5.02 Å². The molecule has 3 aromatic rings. The lowest BCUT2D eigenvalue weighted by molar-refractivity contribution is -0.127. The molecular weight excluding hydrogens is 484 g/mol. The molecule has 32 heavy (non-hydrogen) atoms. The summed E-state index contributed by atoms with van der Waals surface area (Å²) in [6.45, 7) is 2.12. The molecule has 5 heteroatoms. The second-order valence-electron chi connectivity index (χ2n) is 8.79. The first kappa shape index (κ1) is 23.0. The Balaban J connectivity index is 1.59. The lowest BCUT2D eigenvalue weighted by Crippen LogP contribution is -2.48. The molecular formula is C27H28BrClN2O. The van der Waals surface area contributed by atoms with Gasteiger partial charge in [-0.2, -0.15) is 0 Å². The number of pyridine rings is 1. The number of hydrogen-bond donors (Lipinski definition) is 1. The van der Waals surface area contributed by atoms with Crippen molar-refractivity contribution in [1.82, 2.24) is 10.3 Å². The van der Waals surface area contributed by atoms with E-state index in [1.165, 1.54) is 11.1 Å². The summed E-state index contributed by atoms with van der Waals surface area (Å²) in [5, 5.41) is 4.14. The van der Waals surface area contributed by atoms with E-state index in [1.807, 2.05) is 30.5 Å². The first-order valence-corrected chi connectivity index (χ1v) is 12.4. The molecule has 0 spiro atoms. The number of nitrogens with one attached hydrogen (secondary N) is 1. The highest BCUT2D eigenvalue weighted by atomic mass is 79.9. The minimum atomic E-state index is -0.507. The third kappa shape index (κ3) is 5.07. The quantitative estimate of drug-likeness (QED) is 0.377. The van der Waals surface area contributed by atoms with Crippen LogP contribution in [-0.2, 0) is 16.6 Å². The lowest BCUT2D eigenvalue weighted by atomic mass is 9.78. The van der Waals surface area contributed by atoms with Crippen molar-refractivity contribution in [3.05, 3.63) is 99.2 Å². The number of halogens is 2. The van der Waals surface area contributed by atoms with E-state index in [4.69, 9.17) is 11.6 Å². The molecule has 1 aliphatic carbocycles. The van der Waals surface area contributed by atoms with Crippen LogP contribution in [0.25, 0.3) is 0 Å². The molecule has 1 amide bonds. The van der Waals surface area contributed by atoms with Crippen LogP contribution in [0.5, 0.6) is 0 Å². The third-order valence-corrected chi connectivity index (χ3v) is 7.39. The Kier molecular flexibility index (Phi) is 7.32. The topological polar surface area (TPSA) is 42.0 Å². The summed E-state index contributed by atoms with van der Waals surface area (Å²) in [5.41, 5.74) is 2.92. The van der Waals surface area contributed by atoms with E-state index in [9.17, 15) is 4.79 Å². The number of benzene rings is 2. The fourth-order valence-electron chi connectivity index (χ4n) is 4.90. The molecule has 166 valence electrons. The van der Waals surface area contributed by atoms with Crippen molar-refractivity contribution < 1.29 is 4.79 Å². The molecule has 1 saturated carbocycles. The number of amides is 1. The minimum absolute atomic E-state index is 0.0295. The predicted octanol–water partition coefficient (Wildman–Crippen LogP) is 6.84. The molecule has 2 unspecified atom stereocenters. The van der Waals surface area contributed by atoms with Crippen molar-refractivity contribution in [2.45, 2.75) is 56.4 Å². The second kappa shape index (κ2) is 10.2. The average Bonchev–Trinajstić information content (AvgIpc) is 3.31. The minimum Gasteiger partial charge on any atom is -0.352 e. The molecule has 4 rings (SSSR count). The van der Waals surface area contributed by atoms with Crippen LogP contribution in [0.4, 0.5) is 0 Å². The Bertz CT molecular complexity index is 1050. The normalized spacial score (nSPS) is 17.0. The van der Waals surface area contributed by atoms with Crippen molar-refractivity contribution in [3.63, 3.8) is 0 Å². The van der Waals surface area contributed by atoms with E-state index in [2.05, 4.69) is 69.6 Å². The zero-order chi connectivity index (χ0) is 22.6. The second-order valence-corrected chi connectivity index (χ2v) is 10.1. The van der Waals surface area contributed by atoms with Gasteiger partial charge in [-0.15, -0.1) is 0 Å². The molecule has 0 aliphatic heterocycles. The summed E-state index contributed by atoms with van der Waals surface area (Å²) in [6.07, 6.45) is 8.27. The number of aromatic nitrogens is 1. The van der Waals surface area contributed by atoms with E-state index in [-0.39, 0.29) is 17.9 Å². The summed E-state index contributed by atoms with van der Waals surface area (Å²) < 4.78 is 0.909. The molecule has 0 bridgehead atoms. The van der Waals surface area contributed by atoms with Gasteiger partial charge < -0.3 is 5.32 Å². The van der Waals surface area contributed by atoms with Gasteiger partial charge in [0.05, 0.1) is 5.41 Å². The highest BCUT2D eigenvalue weighted by molar-refractivity contribution is 9.10. The fraction of sp³-hybridized carbons (Fsp3) is 0.333. The Morgan fingerprint density at radius 3 is 2.44 bits per heavy atom. The molecule has 0 saturated heterocycles. The Hall–Kier alpha value is -2.17. The van der Waals surface area contributed by atoms with Crippen molar-refractivity contribution in [3.8, 4) is 0 Å². The molecule has 1 aliphatic rings. The van der Waals surface area contributed by atoms with Crippen molar-refractivity contribution in [2.75, 3.05) is 0 Å². The largest absolute Gasteiger partial charge is 0.352 e. The summed E-state index contributed by atoms with van der Waals surface area (Å²) >= 11 is 9.61. The molecule has 2 aromatic carbocycles. The first-order chi connectivity index (χ1) is 15.5. The van der Waals surface area contributed by atoms with Crippen molar-refractivity contribution >= 4 is 33.4 Å². The molecule has 1 heterocycles. The van der Waals surface area contributed by atoms with Crippen LogP contribution in [0.15, 0.2) is 77.5 Å². The number of carbonyl (C=O) groups excluding carboxylic acids is 1. The zero-order valence-electron chi connectivity index (χ0n) is 18.2. The van der Waals surface area contributed by atoms with E-state index < -0.39 is 5.41 Å². The van der Waals surface area contributed by atoms with Gasteiger partial charge >= 0.3 is 0 Å².